The maximum Gasteiger partial charge on any atom is 0.310 e. The standard InChI is InChI=1S/C20H30N2O6/c1-4-6-12(3)21(9-5-2)18(25)16-20-8-7-13(28-20)14(19(26)27)15(20)17(24)22(16)10-11-23/h5,12-16,23H,2,4,6-11H2,1,3H3,(H,26,27)/t12?,13-,14+,15+,16?,20?/m1/s1. The number of ether oxygens (including phenoxy) is 1. The van der Waals surface area contributed by atoms with Gasteiger partial charge in [0.1, 0.15) is 11.6 Å². The van der Waals surface area contributed by atoms with Gasteiger partial charge in [-0.1, -0.05) is 19.4 Å². The van der Waals surface area contributed by atoms with Gasteiger partial charge < -0.3 is 24.7 Å². The summed E-state index contributed by atoms with van der Waals surface area (Å²) in [7, 11) is 0. The Morgan fingerprint density at radius 3 is 2.79 bits per heavy atom. The zero-order valence-corrected chi connectivity index (χ0v) is 16.5. The van der Waals surface area contributed by atoms with Crippen molar-refractivity contribution in [2.24, 2.45) is 11.8 Å². The van der Waals surface area contributed by atoms with Gasteiger partial charge in [-0.3, -0.25) is 14.4 Å². The Morgan fingerprint density at radius 1 is 1.50 bits per heavy atom. The number of β-amino-alcohol motifs (C(OH)–C–C–N with tert-alkyl or cyclic N) is 1. The fourth-order valence-corrected chi connectivity index (χ4v) is 5.42. The van der Waals surface area contributed by atoms with Crippen LogP contribution in [0.2, 0.25) is 0 Å². The summed E-state index contributed by atoms with van der Waals surface area (Å²) in [6.07, 6.45) is 3.81. The van der Waals surface area contributed by atoms with Gasteiger partial charge in [-0.15, -0.1) is 6.58 Å². The number of amides is 2. The molecule has 0 aliphatic carbocycles. The summed E-state index contributed by atoms with van der Waals surface area (Å²) in [5, 5.41) is 19.2. The predicted octanol–water partition coefficient (Wildman–Crippen LogP) is 0.641. The zero-order chi connectivity index (χ0) is 20.6. The molecule has 3 unspecified atom stereocenters. The summed E-state index contributed by atoms with van der Waals surface area (Å²) in [4.78, 5) is 41.7. The van der Waals surface area contributed by atoms with Crippen molar-refractivity contribution in [3.8, 4) is 0 Å². The fraction of sp³-hybridized carbons (Fsp3) is 0.750. The third kappa shape index (κ3) is 2.93. The fourth-order valence-electron chi connectivity index (χ4n) is 5.42. The summed E-state index contributed by atoms with van der Waals surface area (Å²) in [5.41, 5.74) is -1.12. The van der Waals surface area contributed by atoms with E-state index in [1.807, 2.05) is 13.8 Å². The minimum absolute atomic E-state index is 0.0159. The molecule has 0 aromatic carbocycles. The molecule has 3 heterocycles. The minimum atomic E-state index is -1.12. The number of nitrogens with zero attached hydrogens (tertiary/aromatic N) is 2. The average Bonchev–Trinajstić information content (AvgIpc) is 3.28. The Balaban J connectivity index is 2.01. The van der Waals surface area contributed by atoms with Gasteiger partial charge in [-0.25, -0.2) is 0 Å². The van der Waals surface area contributed by atoms with E-state index in [-0.39, 0.29) is 25.1 Å². The van der Waals surface area contributed by atoms with Crippen molar-refractivity contribution in [1.82, 2.24) is 9.80 Å². The number of likely N-dealkylation sites (tertiary alicyclic amines) is 1. The van der Waals surface area contributed by atoms with Gasteiger partial charge in [-0.05, 0) is 26.2 Å². The Kier molecular flexibility index (Phi) is 5.82. The third-order valence-corrected chi connectivity index (χ3v) is 6.51. The van der Waals surface area contributed by atoms with Crippen LogP contribution >= 0.6 is 0 Å². The van der Waals surface area contributed by atoms with Crippen LogP contribution in [-0.2, 0) is 19.1 Å². The first-order valence-corrected chi connectivity index (χ1v) is 10.1. The molecule has 3 aliphatic heterocycles. The summed E-state index contributed by atoms with van der Waals surface area (Å²) < 4.78 is 6.11. The molecule has 0 saturated carbocycles. The van der Waals surface area contributed by atoms with Gasteiger partial charge in [0.25, 0.3) is 0 Å². The zero-order valence-electron chi connectivity index (χ0n) is 16.5. The molecule has 2 bridgehead atoms. The number of carboxylic acid groups (broad SMARTS) is 1. The lowest BCUT2D eigenvalue weighted by atomic mass is 9.70. The predicted molar refractivity (Wildman–Crippen MR) is 100 cm³/mol. The van der Waals surface area contributed by atoms with E-state index >= 15 is 0 Å². The van der Waals surface area contributed by atoms with Crippen molar-refractivity contribution in [2.75, 3.05) is 19.7 Å². The highest BCUT2D eigenvalue weighted by atomic mass is 16.5. The molecule has 3 saturated heterocycles. The van der Waals surface area contributed by atoms with Crippen molar-refractivity contribution in [3.63, 3.8) is 0 Å². The molecule has 3 aliphatic rings. The lowest BCUT2D eigenvalue weighted by molar-refractivity contribution is -0.151. The van der Waals surface area contributed by atoms with Gasteiger partial charge in [-0.2, -0.15) is 0 Å². The van der Waals surface area contributed by atoms with Crippen molar-refractivity contribution < 1.29 is 29.3 Å². The van der Waals surface area contributed by atoms with Crippen LogP contribution < -0.4 is 0 Å². The topological polar surface area (TPSA) is 107 Å². The number of fused-ring (bicyclic) bond motifs is 1. The number of carboxylic acids is 1. The molecule has 8 heteroatoms. The average molecular weight is 394 g/mol. The first-order chi connectivity index (χ1) is 13.3. The number of rotatable bonds is 9. The molecular weight excluding hydrogens is 364 g/mol. The maximum atomic E-state index is 13.7. The molecule has 2 N–H and O–H groups in total. The van der Waals surface area contributed by atoms with Crippen LogP contribution in [0.1, 0.15) is 39.5 Å². The van der Waals surface area contributed by atoms with Crippen LogP contribution in [-0.4, -0.2) is 81.3 Å². The summed E-state index contributed by atoms with van der Waals surface area (Å²) >= 11 is 0. The summed E-state index contributed by atoms with van der Waals surface area (Å²) in [6, 6.07) is -0.961. The van der Waals surface area contributed by atoms with E-state index in [1.54, 1.807) is 11.0 Å². The van der Waals surface area contributed by atoms with Gasteiger partial charge in [0.15, 0.2) is 0 Å². The van der Waals surface area contributed by atoms with Crippen molar-refractivity contribution in [2.45, 2.75) is 63.3 Å². The highest BCUT2D eigenvalue weighted by Gasteiger charge is 2.74. The molecule has 3 fully saturated rings. The smallest absolute Gasteiger partial charge is 0.310 e. The van der Waals surface area contributed by atoms with Gasteiger partial charge in [0.05, 0.1) is 24.5 Å². The lowest BCUT2D eigenvalue weighted by Crippen LogP contribution is -2.58. The molecule has 0 radical (unpaired) electrons. The molecule has 6 atom stereocenters. The van der Waals surface area contributed by atoms with E-state index in [1.165, 1.54) is 4.90 Å². The van der Waals surface area contributed by atoms with Crippen molar-refractivity contribution in [1.29, 1.82) is 0 Å². The monoisotopic (exact) mass is 394 g/mol. The molecule has 0 aromatic heterocycles. The number of hydrogen-bond acceptors (Lipinski definition) is 5. The molecule has 156 valence electrons. The van der Waals surface area contributed by atoms with Crippen LogP contribution in [0.15, 0.2) is 12.7 Å². The van der Waals surface area contributed by atoms with Crippen LogP contribution in [0, 0.1) is 11.8 Å². The lowest BCUT2D eigenvalue weighted by Gasteiger charge is -2.38. The first kappa shape index (κ1) is 20.8. The van der Waals surface area contributed by atoms with Gasteiger partial charge in [0.2, 0.25) is 11.8 Å². The van der Waals surface area contributed by atoms with E-state index in [2.05, 4.69) is 6.58 Å². The number of aliphatic hydroxyl groups is 1. The first-order valence-electron chi connectivity index (χ1n) is 10.1. The Labute approximate surface area is 165 Å². The highest BCUT2D eigenvalue weighted by Crippen LogP contribution is 2.58. The van der Waals surface area contributed by atoms with Gasteiger partial charge in [0, 0.05) is 19.1 Å². The van der Waals surface area contributed by atoms with Crippen LogP contribution in [0.3, 0.4) is 0 Å². The van der Waals surface area contributed by atoms with Crippen LogP contribution in [0.5, 0.6) is 0 Å². The molecule has 28 heavy (non-hydrogen) atoms. The SMILES string of the molecule is C=CCN(C(=O)C1N(CCO)C(=O)[C@@H]2[C@@H](C(=O)O)[C@H]3CCC12O3)C(C)CCC. The van der Waals surface area contributed by atoms with E-state index in [0.29, 0.717) is 19.4 Å². The Hall–Kier alpha value is -1.93. The maximum absolute atomic E-state index is 13.7. The normalized spacial score (nSPS) is 34.4. The number of hydrogen-bond donors (Lipinski definition) is 2. The Morgan fingerprint density at radius 2 is 2.21 bits per heavy atom. The van der Waals surface area contributed by atoms with Crippen molar-refractivity contribution >= 4 is 17.8 Å². The summed E-state index contributed by atoms with van der Waals surface area (Å²) in [5.74, 6) is -3.54. The third-order valence-electron chi connectivity index (χ3n) is 6.51. The summed E-state index contributed by atoms with van der Waals surface area (Å²) in [6.45, 7) is 7.77. The van der Waals surface area contributed by atoms with E-state index in [4.69, 9.17) is 4.74 Å². The Bertz CT molecular complexity index is 667. The molecule has 3 rings (SSSR count). The quantitative estimate of drug-likeness (QED) is 0.556. The molecule has 2 amide bonds. The van der Waals surface area contributed by atoms with E-state index < -0.39 is 41.5 Å². The van der Waals surface area contributed by atoms with Gasteiger partial charge >= 0.3 is 5.97 Å². The van der Waals surface area contributed by atoms with Crippen molar-refractivity contribution in [3.05, 3.63) is 12.7 Å². The van der Waals surface area contributed by atoms with Crippen LogP contribution in [0.25, 0.3) is 0 Å². The van der Waals surface area contributed by atoms with Crippen LogP contribution in [0.4, 0.5) is 0 Å². The highest BCUT2D eigenvalue weighted by molar-refractivity contribution is 5.98. The molecular formula is C20H30N2O6. The second-order valence-electron chi connectivity index (χ2n) is 8.07. The van der Waals surface area contributed by atoms with E-state index in [9.17, 15) is 24.6 Å². The number of carbonyl (C=O) groups is 3. The second kappa shape index (κ2) is 7.83. The minimum Gasteiger partial charge on any atom is -0.481 e. The van der Waals surface area contributed by atoms with E-state index in [0.717, 1.165) is 12.8 Å². The number of carbonyl (C=O) groups excluding carboxylic acids is 2. The molecule has 8 nitrogen and oxygen atoms in total. The molecule has 1 spiro atoms. The number of aliphatic carboxylic acids is 1. The number of aliphatic hydroxyl groups excluding tert-OH is 1. The second-order valence-corrected chi connectivity index (χ2v) is 8.07. The largest absolute Gasteiger partial charge is 0.481 e. The molecule has 0 aromatic rings.